The molecule has 1 rings (SSSR count). The Morgan fingerprint density at radius 2 is 2.33 bits per heavy atom. The van der Waals surface area contributed by atoms with Gasteiger partial charge in [-0.05, 0) is 18.5 Å². The van der Waals surface area contributed by atoms with E-state index in [4.69, 9.17) is 11.6 Å². The minimum atomic E-state index is -0.454. The minimum Gasteiger partial charge on any atom is -0.465 e. The van der Waals surface area contributed by atoms with Crippen LogP contribution in [0.4, 0.5) is 0 Å². The fraction of sp³-hybridized carbons (Fsp3) is 0.286. The second kappa shape index (κ2) is 3.49. The van der Waals surface area contributed by atoms with Crippen molar-refractivity contribution in [3.63, 3.8) is 0 Å². The third-order valence-corrected chi connectivity index (χ3v) is 1.54. The number of ether oxygens (including phenoxy) is 1. The molecule has 0 aromatic carbocycles. The maximum atomic E-state index is 11.0. The Morgan fingerprint density at radius 3 is 2.83 bits per heavy atom. The van der Waals surface area contributed by atoms with Crippen LogP contribution in [-0.4, -0.2) is 23.0 Å². The molecule has 0 aliphatic heterocycles. The highest BCUT2D eigenvalue weighted by Crippen LogP contribution is 2.07. The molecule has 0 radical (unpaired) electrons. The lowest BCUT2D eigenvalue weighted by Gasteiger charge is -2.00. The molecule has 0 saturated heterocycles. The number of esters is 1. The monoisotopic (exact) mass is 186 g/mol. The third-order valence-electron chi connectivity index (χ3n) is 1.36. The van der Waals surface area contributed by atoms with E-state index in [-0.39, 0.29) is 5.28 Å². The molecule has 1 aromatic rings. The Kier molecular flexibility index (Phi) is 2.60. The largest absolute Gasteiger partial charge is 0.465 e. The topological polar surface area (TPSA) is 52.1 Å². The van der Waals surface area contributed by atoms with E-state index in [0.29, 0.717) is 11.3 Å². The van der Waals surface area contributed by atoms with Crippen molar-refractivity contribution in [3.8, 4) is 0 Å². The molecule has 0 amide bonds. The fourth-order valence-corrected chi connectivity index (χ4v) is 0.925. The van der Waals surface area contributed by atoms with E-state index in [1.54, 1.807) is 6.92 Å². The zero-order chi connectivity index (χ0) is 9.14. The van der Waals surface area contributed by atoms with Crippen molar-refractivity contribution < 1.29 is 9.53 Å². The predicted octanol–water partition coefficient (Wildman–Crippen LogP) is 1.23. The van der Waals surface area contributed by atoms with E-state index >= 15 is 0 Å². The number of aryl methyl sites for hydroxylation is 1. The first-order valence-corrected chi connectivity index (χ1v) is 3.60. The highest BCUT2D eigenvalue weighted by molar-refractivity contribution is 6.28. The lowest BCUT2D eigenvalue weighted by Crippen LogP contribution is -2.06. The lowest BCUT2D eigenvalue weighted by atomic mass is 10.2. The predicted molar refractivity (Wildman–Crippen MR) is 43.1 cm³/mol. The highest BCUT2D eigenvalue weighted by Gasteiger charge is 2.10. The number of rotatable bonds is 1. The molecule has 1 heterocycles. The van der Waals surface area contributed by atoms with Crippen LogP contribution in [0.25, 0.3) is 0 Å². The van der Waals surface area contributed by atoms with Gasteiger partial charge in [-0.3, -0.25) is 0 Å². The second-order valence-corrected chi connectivity index (χ2v) is 2.47. The van der Waals surface area contributed by atoms with Gasteiger partial charge in [0, 0.05) is 6.20 Å². The van der Waals surface area contributed by atoms with Crippen LogP contribution >= 0.6 is 11.6 Å². The molecule has 0 aliphatic carbocycles. The van der Waals surface area contributed by atoms with E-state index in [0.717, 1.165) is 0 Å². The molecule has 5 heteroatoms. The van der Waals surface area contributed by atoms with Gasteiger partial charge in [0.25, 0.3) is 0 Å². The summed E-state index contributed by atoms with van der Waals surface area (Å²) in [4.78, 5) is 18.5. The van der Waals surface area contributed by atoms with Gasteiger partial charge in [-0.2, -0.15) is 0 Å². The number of hydrogen-bond acceptors (Lipinski definition) is 4. The van der Waals surface area contributed by atoms with Crippen molar-refractivity contribution >= 4 is 17.6 Å². The SMILES string of the molecule is COC(=O)c1cnc(Cl)nc1C. The average molecular weight is 187 g/mol. The molecular weight excluding hydrogens is 180 g/mol. The first-order chi connectivity index (χ1) is 5.65. The number of halogens is 1. The van der Waals surface area contributed by atoms with Gasteiger partial charge in [-0.1, -0.05) is 0 Å². The van der Waals surface area contributed by atoms with E-state index in [2.05, 4.69) is 14.7 Å². The van der Waals surface area contributed by atoms with Gasteiger partial charge in [0.05, 0.1) is 18.4 Å². The van der Waals surface area contributed by atoms with Gasteiger partial charge >= 0.3 is 5.97 Å². The number of hydrogen-bond donors (Lipinski definition) is 0. The van der Waals surface area contributed by atoms with Crippen LogP contribution in [0.3, 0.4) is 0 Å². The smallest absolute Gasteiger partial charge is 0.341 e. The summed E-state index contributed by atoms with van der Waals surface area (Å²) < 4.78 is 4.49. The van der Waals surface area contributed by atoms with Crippen LogP contribution in [0.1, 0.15) is 16.1 Å². The summed E-state index contributed by atoms with van der Waals surface area (Å²) in [6.45, 7) is 1.67. The van der Waals surface area contributed by atoms with Gasteiger partial charge < -0.3 is 4.74 Å². The maximum absolute atomic E-state index is 11.0. The van der Waals surface area contributed by atoms with Gasteiger partial charge in [-0.15, -0.1) is 0 Å². The summed E-state index contributed by atoms with van der Waals surface area (Å²) in [5.74, 6) is -0.454. The summed E-state index contributed by atoms with van der Waals surface area (Å²) in [5, 5.41) is 0.125. The molecular formula is C7H7ClN2O2. The maximum Gasteiger partial charge on any atom is 0.341 e. The summed E-state index contributed by atoms with van der Waals surface area (Å²) >= 11 is 5.49. The Labute approximate surface area is 74.5 Å². The molecule has 12 heavy (non-hydrogen) atoms. The van der Waals surface area contributed by atoms with Crippen LogP contribution in [-0.2, 0) is 4.74 Å². The Balaban J connectivity index is 3.09. The molecule has 0 unspecified atom stereocenters. The molecule has 4 nitrogen and oxygen atoms in total. The zero-order valence-corrected chi connectivity index (χ0v) is 7.42. The Morgan fingerprint density at radius 1 is 1.67 bits per heavy atom. The second-order valence-electron chi connectivity index (χ2n) is 2.13. The average Bonchev–Trinajstić information content (AvgIpc) is 2.03. The molecule has 0 bridgehead atoms. The van der Waals surface area contributed by atoms with Crippen molar-refractivity contribution in [1.82, 2.24) is 9.97 Å². The van der Waals surface area contributed by atoms with Crippen molar-refractivity contribution in [2.75, 3.05) is 7.11 Å². The molecule has 0 saturated carbocycles. The lowest BCUT2D eigenvalue weighted by molar-refractivity contribution is 0.0599. The Bertz CT molecular complexity index is 314. The molecule has 1 aromatic heterocycles. The zero-order valence-electron chi connectivity index (χ0n) is 6.67. The van der Waals surface area contributed by atoms with Crippen molar-refractivity contribution in [3.05, 3.63) is 22.7 Å². The number of aromatic nitrogens is 2. The van der Waals surface area contributed by atoms with Crippen LogP contribution in [0, 0.1) is 6.92 Å². The quantitative estimate of drug-likeness (QED) is 0.489. The van der Waals surface area contributed by atoms with Crippen molar-refractivity contribution in [2.45, 2.75) is 6.92 Å². The summed E-state index contributed by atoms with van der Waals surface area (Å²) in [6, 6.07) is 0. The summed E-state index contributed by atoms with van der Waals surface area (Å²) in [7, 11) is 1.30. The molecule has 64 valence electrons. The molecule has 0 aliphatic rings. The van der Waals surface area contributed by atoms with Gasteiger partial charge in [-0.25, -0.2) is 14.8 Å². The molecule has 0 atom stereocenters. The minimum absolute atomic E-state index is 0.125. The number of carbonyl (C=O) groups excluding carboxylic acids is 1. The van der Waals surface area contributed by atoms with Crippen molar-refractivity contribution in [2.24, 2.45) is 0 Å². The summed E-state index contributed by atoms with van der Waals surface area (Å²) in [5.41, 5.74) is 0.851. The normalized spacial score (nSPS) is 9.58. The first kappa shape index (κ1) is 8.93. The number of methoxy groups -OCH3 is 1. The summed E-state index contributed by atoms with van der Waals surface area (Å²) in [6.07, 6.45) is 1.34. The van der Waals surface area contributed by atoms with Gasteiger partial charge in [0.1, 0.15) is 0 Å². The Hall–Kier alpha value is -1.16. The van der Waals surface area contributed by atoms with Gasteiger partial charge in [0.2, 0.25) is 5.28 Å². The fourth-order valence-electron chi connectivity index (χ4n) is 0.749. The van der Waals surface area contributed by atoms with Crippen LogP contribution in [0.2, 0.25) is 5.28 Å². The van der Waals surface area contributed by atoms with Crippen LogP contribution in [0.5, 0.6) is 0 Å². The molecule has 0 spiro atoms. The van der Waals surface area contributed by atoms with E-state index < -0.39 is 5.97 Å². The van der Waals surface area contributed by atoms with E-state index in [9.17, 15) is 4.79 Å². The first-order valence-electron chi connectivity index (χ1n) is 3.22. The number of nitrogens with zero attached hydrogens (tertiary/aromatic N) is 2. The third kappa shape index (κ3) is 1.71. The van der Waals surface area contributed by atoms with Crippen molar-refractivity contribution in [1.29, 1.82) is 0 Å². The molecule has 0 N–H and O–H groups in total. The van der Waals surface area contributed by atoms with E-state index in [1.165, 1.54) is 13.3 Å². The highest BCUT2D eigenvalue weighted by atomic mass is 35.5. The van der Waals surface area contributed by atoms with Gasteiger partial charge in [0.15, 0.2) is 0 Å². The molecule has 0 fully saturated rings. The standard InChI is InChI=1S/C7H7ClN2O2/c1-4-5(6(11)12-2)3-9-7(8)10-4/h3H,1-2H3. The van der Waals surface area contributed by atoms with Crippen LogP contribution < -0.4 is 0 Å². The van der Waals surface area contributed by atoms with E-state index in [1.807, 2.05) is 0 Å². The number of carbonyl (C=O) groups is 1. The van der Waals surface area contributed by atoms with Crippen LogP contribution in [0.15, 0.2) is 6.20 Å².